The second-order valence-corrected chi connectivity index (χ2v) is 12.9. The Bertz CT molecular complexity index is 883. The summed E-state index contributed by atoms with van der Waals surface area (Å²) >= 11 is 0. The molecule has 1 heterocycles. The lowest BCUT2D eigenvalue weighted by atomic mass is 9.90. The Morgan fingerprint density at radius 2 is 1.24 bits per heavy atom. The highest BCUT2D eigenvalue weighted by molar-refractivity contribution is 5.86. The zero-order valence-corrected chi connectivity index (χ0v) is 27.1. The number of likely N-dealkylation sites (tertiary alicyclic amines) is 1. The molecule has 0 aromatic heterocycles. The van der Waals surface area contributed by atoms with Crippen molar-refractivity contribution in [1.29, 1.82) is 0 Å². The molecular formula is C38H65N3. The molecule has 0 amide bonds. The number of nitrogens with one attached hydrogen (secondary N) is 2. The van der Waals surface area contributed by atoms with Crippen LogP contribution in [0.1, 0.15) is 141 Å². The predicted octanol–water partition coefficient (Wildman–Crippen LogP) is 10.1. The van der Waals surface area contributed by atoms with Gasteiger partial charge in [-0.05, 0) is 93.6 Å². The van der Waals surface area contributed by atoms with Crippen LogP contribution in [0, 0.1) is 5.92 Å². The standard InChI is InChI=1S/C38H65N3/c1-3-5-6-7-8-9-10-11-12-13-14-15-16-26-38(37-25-21-23-35-22-17-18-24-36(35)37)41-31-27-34(28-32-41)33-40-30-20-19-29-39-4-2/h17-18,21-25,34,38-40H,3-16,19-20,26-33H2,1-2H3. The van der Waals surface area contributed by atoms with Gasteiger partial charge in [-0.15, -0.1) is 0 Å². The maximum absolute atomic E-state index is 3.77. The van der Waals surface area contributed by atoms with Gasteiger partial charge in [0.1, 0.15) is 0 Å². The maximum atomic E-state index is 3.77. The van der Waals surface area contributed by atoms with Crippen molar-refractivity contribution in [3.8, 4) is 0 Å². The molecule has 3 nitrogen and oxygen atoms in total. The average Bonchev–Trinajstić information content (AvgIpc) is 3.01. The quantitative estimate of drug-likeness (QED) is 0.124. The summed E-state index contributed by atoms with van der Waals surface area (Å²) in [6.45, 7) is 11.6. The Labute approximate surface area is 254 Å². The van der Waals surface area contributed by atoms with Gasteiger partial charge in [-0.1, -0.05) is 140 Å². The molecule has 0 spiro atoms. The van der Waals surface area contributed by atoms with Crippen molar-refractivity contribution in [2.75, 3.05) is 39.3 Å². The second kappa shape index (κ2) is 22.2. The van der Waals surface area contributed by atoms with Gasteiger partial charge in [0.2, 0.25) is 0 Å². The van der Waals surface area contributed by atoms with E-state index in [1.54, 1.807) is 5.56 Å². The third kappa shape index (κ3) is 13.6. The van der Waals surface area contributed by atoms with Crippen LogP contribution in [-0.4, -0.2) is 44.2 Å². The highest BCUT2D eigenvalue weighted by Crippen LogP contribution is 2.35. The fourth-order valence-corrected chi connectivity index (χ4v) is 6.88. The largest absolute Gasteiger partial charge is 0.317 e. The first kappa shape index (κ1) is 34.1. The van der Waals surface area contributed by atoms with Crippen LogP contribution < -0.4 is 10.6 Å². The first-order valence-electron chi connectivity index (χ1n) is 18.0. The maximum Gasteiger partial charge on any atom is 0.0354 e. The monoisotopic (exact) mass is 564 g/mol. The van der Waals surface area contributed by atoms with Gasteiger partial charge in [-0.2, -0.15) is 0 Å². The van der Waals surface area contributed by atoms with E-state index in [-0.39, 0.29) is 0 Å². The number of hydrogen-bond acceptors (Lipinski definition) is 3. The number of nitrogens with zero attached hydrogens (tertiary/aromatic N) is 1. The summed E-state index contributed by atoms with van der Waals surface area (Å²) in [5.41, 5.74) is 1.57. The van der Waals surface area contributed by atoms with Crippen molar-refractivity contribution in [2.24, 2.45) is 5.92 Å². The molecule has 0 aliphatic carbocycles. The number of rotatable bonds is 24. The van der Waals surface area contributed by atoms with Crippen LogP contribution in [0.15, 0.2) is 42.5 Å². The molecule has 0 radical (unpaired) electrons. The zero-order valence-electron chi connectivity index (χ0n) is 27.1. The molecule has 232 valence electrons. The van der Waals surface area contributed by atoms with Crippen LogP contribution in [-0.2, 0) is 0 Å². The van der Waals surface area contributed by atoms with E-state index in [1.807, 2.05) is 0 Å². The van der Waals surface area contributed by atoms with Crippen LogP contribution in [0.2, 0.25) is 0 Å². The Hall–Kier alpha value is -1.42. The normalized spacial score (nSPS) is 15.6. The molecule has 2 aromatic carbocycles. The third-order valence-corrected chi connectivity index (χ3v) is 9.49. The molecule has 1 aliphatic heterocycles. The number of fused-ring (bicyclic) bond motifs is 1. The van der Waals surface area contributed by atoms with Crippen molar-refractivity contribution < 1.29 is 0 Å². The summed E-state index contributed by atoms with van der Waals surface area (Å²) in [6.07, 6.45) is 25.1. The minimum atomic E-state index is 0.564. The van der Waals surface area contributed by atoms with Gasteiger partial charge in [0.25, 0.3) is 0 Å². The second-order valence-electron chi connectivity index (χ2n) is 12.9. The van der Waals surface area contributed by atoms with Crippen molar-refractivity contribution in [3.63, 3.8) is 0 Å². The van der Waals surface area contributed by atoms with E-state index < -0.39 is 0 Å². The Morgan fingerprint density at radius 3 is 1.90 bits per heavy atom. The van der Waals surface area contributed by atoms with Gasteiger partial charge in [-0.25, -0.2) is 0 Å². The summed E-state index contributed by atoms with van der Waals surface area (Å²) in [7, 11) is 0. The number of piperidine rings is 1. The molecule has 0 bridgehead atoms. The predicted molar refractivity (Wildman–Crippen MR) is 182 cm³/mol. The molecule has 1 atom stereocenters. The molecule has 1 fully saturated rings. The fraction of sp³-hybridized carbons (Fsp3) is 0.737. The summed E-state index contributed by atoms with van der Waals surface area (Å²) in [5, 5.41) is 10.1. The van der Waals surface area contributed by atoms with Crippen LogP contribution in [0.25, 0.3) is 10.8 Å². The Morgan fingerprint density at radius 1 is 0.659 bits per heavy atom. The summed E-state index contributed by atoms with van der Waals surface area (Å²) in [6, 6.07) is 16.6. The minimum Gasteiger partial charge on any atom is -0.317 e. The SMILES string of the molecule is CCCCCCCCCCCCCCCC(c1cccc2ccccc12)N1CCC(CNCCCCNCC)CC1. The summed E-state index contributed by atoms with van der Waals surface area (Å²) in [5.74, 6) is 0.838. The first-order chi connectivity index (χ1) is 20.3. The highest BCUT2D eigenvalue weighted by atomic mass is 15.2. The van der Waals surface area contributed by atoms with Crippen LogP contribution in [0.4, 0.5) is 0 Å². The molecular weight excluding hydrogens is 498 g/mol. The molecule has 0 saturated carbocycles. The lowest BCUT2D eigenvalue weighted by molar-refractivity contribution is 0.124. The Balaban J connectivity index is 1.39. The molecule has 41 heavy (non-hydrogen) atoms. The average molecular weight is 564 g/mol. The lowest BCUT2D eigenvalue weighted by Gasteiger charge is -2.38. The van der Waals surface area contributed by atoms with Crippen molar-refractivity contribution in [3.05, 3.63) is 48.0 Å². The van der Waals surface area contributed by atoms with Gasteiger partial charge in [0.15, 0.2) is 0 Å². The van der Waals surface area contributed by atoms with E-state index in [2.05, 4.69) is 71.8 Å². The molecule has 1 aliphatic rings. The first-order valence-corrected chi connectivity index (χ1v) is 18.0. The number of hydrogen-bond donors (Lipinski definition) is 2. The summed E-state index contributed by atoms with van der Waals surface area (Å²) < 4.78 is 0. The van der Waals surface area contributed by atoms with Gasteiger partial charge >= 0.3 is 0 Å². The van der Waals surface area contributed by atoms with E-state index in [4.69, 9.17) is 0 Å². The van der Waals surface area contributed by atoms with Crippen LogP contribution >= 0.6 is 0 Å². The molecule has 3 rings (SSSR count). The van der Waals surface area contributed by atoms with Gasteiger partial charge in [0.05, 0.1) is 0 Å². The third-order valence-electron chi connectivity index (χ3n) is 9.49. The lowest BCUT2D eigenvalue weighted by Crippen LogP contribution is -2.39. The minimum absolute atomic E-state index is 0.564. The highest BCUT2D eigenvalue weighted by Gasteiger charge is 2.26. The van der Waals surface area contributed by atoms with Crippen LogP contribution in [0.5, 0.6) is 0 Å². The smallest absolute Gasteiger partial charge is 0.0354 e. The molecule has 2 N–H and O–H groups in total. The van der Waals surface area contributed by atoms with Gasteiger partial charge < -0.3 is 10.6 Å². The number of benzene rings is 2. The number of unbranched alkanes of at least 4 members (excludes halogenated alkanes) is 13. The van der Waals surface area contributed by atoms with Crippen LogP contribution in [0.3, 0.4) is 0 Å². The zero-order chi connectivity index (χ0) is 28.8. The molecule has 1 unspecified atom stereocenters. The fourth-order valence-electron chi connectivity index (χ4n) is 6.88. The summed E-state index contributed by atoms with van der Waals surface area (Å²) in [4.78, 5) is 2.84. The van der Waals surface area contributed by atoms with Crippen molar-refractivity contribution >= 4 is 10.8 Å². The van der Waals surface area contributed by atoms with E-state index >= 15 is 0 Å². The molecule has 2 aromatic rings. The van der Waals surface area contributed by atoms with E-state index in [0.29, 0.717) is 6.04 Å². The van der Waals surface area contributed by atoms with E-state index in [0.717, 1.165) is 19.0 Å². The van der Waals surface area contributed by atoms with Gasteiger partial charge in [0, 0.05) is 6.04 Å². The molecule has 1 saturated heterocycles. The molecule has 3 heteroatoms. The van der Waals surface area contributed by atoms with E-state index in [9.17, 15) is 0 Å². The van der Waals surface area contributed by atoms with Crippen molar-refractivity contribution in [2.45, 2.75) is 135 Å². The Kier molecular flexibility index (Phi) is 18.4. The topological polar surface area (TPSA) is 27.3 Å². The van der Waals surface area contributed by atoms with Gasteiger partial charge in [-0.3, -0.25) is 4.90 Å². The van der Waals surface area contributed by atoms with E-state index in [1.165, 1.54) is 153 Å². The van der Waals surface area contributed by atoms with Crippen molar-refractivity contribution in [1.82, 2.24) is 15.5 Å².